The highest BCUT2D eigenvalue weighted by Gasteiger charge is 2.44. The zero-order chi connectivity index (χ0) is 20.4. The number of halogens is 1. The number of rotatable bonds is 5. The molecule has 4 N–H and O–H groups in total. The minimum absolute atomic E-state index is 0.437. The van der Waals surface area contributed by atoms with Gasteiger partial charge in [-0.2, -0.15) is 0 Å². The number of aliphatic hydroxyl groups excluding tert-OH is 4. The van der Waals surface area contributed by atoms with E-state index in [1.54, 1.807) is 0 Å². The van der Waals surface area contributed by atoms with Gasteiger partial charge in [0, 0.05) is 4.47 Å². The number of hydrogen-bond donors (Lipinski definition) is 4. The van der Waals surface area contributed by atoms with Gasteiger partial charge in [0.15, 0.2) is 0 Å². The van der Waals surface area contributed by atoms with E-state index in [-0.39, 0.29) is 0 Å². The van der Waals surface area contributed by atoms with Gasteiger partial charge in [0.2, 0.25) is 0 Å². The van der Waals surface area contributed by atoms with Crippen LogP contribution in [0.2, 0.25) is 0 Å². The lowest BCUT2D eigenvalue weighted by Gasteiger charge is -2.40. The Hall–Kier alpha value is -1.28. The lowest BCUT2D eigenvalue weighted by Crippen LogP contribution is -2.55. The van der Waals surface area contributed by atoms with Gasteiger partial charge in [-0.1, -0.05) is 53.2 Å². The summed E-state index contributed by atoms with van der Waals surface area (Å²) in [5.74, 6) is 0. The Morgan fingerprint density at radius 3 is 2.21 bits per heavy atom. The van der Waals surface area contributed by atoms with Crippen molar-refractivity contribution in [2.24, 2.45) is 0 Å². The molecular formula is C22H27BrO5. The maximum atomic E-state index is 10.5. The van der Waals surface area contributed by atoms with Crippen LogP contribution >= 0.6 is 15.9 Å². The smallest absolute Gasteiger partial charge is 0.113 e. The zero-order valence-electron chi connectivity index (χ0n) is 16.0. The summed E-state index contributed by atoms with van der Waals surface area (Å²) < 4.78 is 6.70. The van der Waals surface area contributed by atoms with Crippen molar-refractivity contribution in [3.05, 3.63) is 68.7 Å². The summed E-state index contributed by atoms with van der Waals surface area (Å²) >= 11 is 3.62. The van der Waals surface area contributed by atoms with Crippen LogP contribution in [0.25, 0.3) is 0 Å². The number of aryl methyl sites for hydroxylation is 2. The highest BCUT2D eigenvalue weighted by molar-refractivity contribution is 9.10. The fraction of sp³-hybridized carbons (Fsp3) is 0.455. The molecule has 152 valence electrons. The van der Waals surface area contributed by atoms with Crippen LogP contribution < -0.4 is 0 Å². The Balaban J connectivity index is 1.92. The minimum atomic E-state index is -1.39. The minimum Gasteiger partial charge on any atom is -0.394 e. The average molecular weight is 451 g/mol. The van der Waals surface area contributed by atoms with E-state index in [1.807, 2.05) is 19.1 Å². The van der Waals surface area contributed by atoms with E-state index in [9.17, 15) is 20.4 Å². The molecule has 2 aromatic rings. The summed E-state index contributed by atoms with van der Waals surface area (Å²) in [7, 11) is 0. The summed E-state index contributed by atoms with van der Waals surface area (Å²) in [6.45, 7) is 3.59. The molecule has 0 unspecified atom stereocenters. The van der Waals surface area contributed by atoms with Crippen molar-refractivity contribution in [3.8, 4) is 0 Å². The van der Waals surface area contributed by atoms with E-state index >= 15 is 0 Å². The molecule has 0 bridgehead atoms. The molecule has 1 aliphatic rings. The Bertz CT molecular complexity index is 805. The molecule has 5 atom stereocenters. The summed E-state index contributed by atoms with van der Waals surface area (Å²) in [5, 5.41) is 40.1. The summed E-state index contributed by atoms with van der Waals surface area (Å²) in [5.41, 5.74) is 5.11. The third-order valence-corrected chi connectivity index (χ3v) is 6.20. The van der Waals surface area contributed by atoms with Crippen molar-refractivity contribution >= 4 is 15.9 Å². The first-order chi connectivity index (χ1) is 13.3. The van der Waals surface area contributed by atoms with Gasteiger partial charge >= 0.3 is 0 Å². The molecule has 0 saturated carbocycles. The lowest BCUT2D eigenvalue weighted by atomic mass is 9.88. The summed E-state index contributed by atoms with van der Waals surface area (Å²) in [6, 6.07) is 12.4. The molecule has 5 nitrogen and oxygen atoms in total. The molecule has 1 aliphatic heterocycles. The van der Waals surface area contributed by atoms with E-state index in [4.69, 9.17) is 4.74 Å². The van der Waals surface area contributed by atoms with Gasteiger partial charge in [0.1, 0.15) is 30.5 Å². The first-order valence-electron chi connectivity index (χ1n) is 9.53. The van der Waals surface area contributed by atoms with Gasteiger partial charge in [0.05, 0.1) is 6.61 Å². The van der Waals surface area contributed by atoms with Gasteiger partial charge < -0.3 is 25.2 Å². The maximum Gasteiger partial charge on any atom is 0.113 e. The number of ether oxygens (including phenoxy) is 1. The van der Waals surface area contributed by atoms with Crippen molar-refractivity contribution in [1.29, 1.82) is 0 Å². The Morgan fingerprint density at radius 1 is 0.964 bits per heavy atom. The quantitative estimate of drug-likeness (QED) is 0.561. The third kappa shape index (κ3) is 4.32. The Kier molecular flexibility index (Phi) is 6.91. The van der Waals surface area contributed by atoms with Crippen molar-refractivity contribution in [2.75, 3.05) is 6.61 Å². The predicted molar refractivity (Wildman–Crippen MR) is 110 cm³/mol. The number of hydrogen-bond acceptors (Lipinski definition) is 5. The Labute approximate surface area is 173 Å². The van der Waals surface area contributed by atoms with Crippen LogP contribution in [-0.2, 0) is 17.6 Å². The van der Waals surface area contributed by atoms with Crippen molar-refractivity contribution in [2.45, 2.75) is 57.2 Å². The van der Waals surface area contributed by atoms with Crippen molar-refractivity contribution in [1.82, 2.24) is 0 Å². The molecule has 2 aromatic carbocycles. The average Bonchev–Trinajstić information content (AvgIpc) is 2.69. The molecule has 0 spiro atoms. The van der Waals surface area contributed by atoms with Crippen LogP contribution in [0, 0.1) is 6.92 Å². The van der Waals surface area contributed by atoms with Crippen molar-refractivity contribution in [3.63, 3.8) is 0 Å². The molecule has 1 fully saturated rings. The van der Waals surface area contributed by atoms with Crippen LogP contribution in [0.15, 0.2) is 40.9 Å². The number of aliphatic hydroxyl groups is 4. The molecule has 1 heterocycles. The molecule has 6 heteroatoms. The number of benzene rings is 2. The second-order valence-corrected chi connectivity index (χ2v) is 8.25. The first kappa shape index (κ1) is 21.4. The van der Waals surface area contributed by atoms with E-state index in [0.717, 1.165) is 27.6 Å². The molecule has 0 aliphatic carbocycles. The molecule has 0 radical (unpaired) electrons. The normalized spacial score (nSPS) is 27.8. The topological polar surface area (TPSA) is 90.2 Å². The van der Waals surface area contributed by atoms with Crippen LogP contribution in [0.4, 0.5) is 0 Å². The second-order valence-electron chi connectivity index (χ2n) is 7.40. The van der Waals surface area contributed by atoms with E-state index < -0.39 is 37.1 Å². The fourth-order valence-electron chi connectivity index (χ4n) is 3.65. The molecule has 1 saturated heterocycles. The molecule has 0 amide bonds. The van der Waals surface area contributed by atoms with Crippen molar-refractivity contribution < 1.29 is 25.2 Å². The largest absolute Gasteiger partial charge is 0.394 e. The summed E-state index contributed by atoms with van der Waals surface area (Å²) in [6.07, 6.45) is -4.08. The van der Waals surface area contributed by atoms with Crippen LogP contribution in [0.5, 0.6) is 0 Å². The van der Waals surface area contributed by atoms with Gasteiger partial charge in [-0.05, 0) is 53.6 Å². The van der Waals surface area contributed by atoms with Crippen LogP contribution in [0.1, 0.15) is 40.8 Å². The van der Waals surface area contributed by atoms with E-state index in [0.29, 0.717) is 6.42 Å². The zero-order valence-corrected chi connectivity index (χ0v) is 17.6. The standard InChI is InChI=1S/C22H27BrO5/c1-3-13-4-6-14(7-5-13)9-15-10-16(12(2)8-17(15)23)22-21(27)20(26)19(25)18(11-24)28-22/h4-8,10,18-22,24-27H,3,9,11H2,1-2H3/t18-,19-,20+,21-,22+/m1/s1. The maximum absolute atomic E-state index is 10.5. The Morgan fingerprint density at radius 2 is 1.61 bits per heavy atom. The van der Waals surface area contributed by atoms with Gasteiger partial charge in [-0.25, -0.2) is 0 Å². The SMILES string of the molecule is CCc1ccc(Cc2cc([C@@H]3O[C@H](CO)[C@@H](O)[C@H](O)[C@H]3O)c(C)cc2Br)cc1. The molecule has 28 heavy (non-hydrogen) atoms. The second kappa shape index (κ2) is 9.03. The van der Waals surface area contributed by atoms with Gasteiger partial charge in [-0.3, -0.25) is 0 Å². The summed E-state index contributed by atoms with van der Waals surface area (Å²) in [4.78, 5) is 0. The predicted octanol–water partition coefficient (Wildman–Crippen LogP) is 2.43. The van der Waals surface area contributed by atoms with Gasteiger partial charge in [0.25, 0.3) is 0 Å². The molecular weight excluding hydrogens is 424 g/mol. The molecule has 0 aromatic heterocycles. The van der Waals surface area contributed by atoms with E-state index in [1.165, 1.54) is 11.1 Å². The highest BCUT2D eigenvalue weighted by atomic mass is 79.9. The highest BCUT2D eigenvalue weighted by Crippen LogP contribution is 2.36. The monoisotopic (exact) mass is 450 g/mol. The molecule has 3 rings (SSSR count). The van der Waals surface area contributed by atoms with Crippen LogP contribution in [-0.4, -0.2) is 51.4 Å². The first-order valence-corrected chi connectivity index (χ1v) is 10.3. The third-order valence-electron chi connectivity index (χ3n) is 5.46. The van der Waals surface area contributed by atoms with Crippen LogP contribution in [0.3, 0.4) is 0 Å². The van der Waals surface area contributed by atoms with E-state index in [2.05, 4.69) is 47.1 Å². The van der Waals surface area contributed by atoms with Gasteiger partial charge in [-0.15, -0.1) is 0 Å². The lowest BCUT2D eigenvalue weighted by molar-refractivity contribution is -0.231. The fourth-order valence-corrected chi connectivity index (χ4v) is 4.25.